The predicted molar refractivity (Wildman–Crippen MR) is 94.9 cm³/mol. The van der Waals surface area contributed by atoms with Gasteiger partial charge >= 0.3 is 0 Å². The van der Waals surface area contributed by atoms with E-state index in [4.69, 9.17) is 5.14 Å². The third-order valence-corrected chi connectivity index (χ3v) is 7.24. The summed E-state index contributed by atoms with van der Waals surface area (Å²) in [5, 5.41) is 5.12. The fourth-order valence-corrected chi connectivity index (χ4v) is 5.54. The summed E-state index contributed by atoms with van der Waals surface area (Å²) in [6.07, 6.45) is 2.20. The number of benzene rings is 2. The summed E-state index contributed by atoms with van der Waals surface area (Å²) < 4.78 is 50.5. The van der Waals surface area contributed by atoms with Crippen LogP contribution in [0, 0.1) is 0 Å². The first-order valence-electron chi connectivity index (χ1n) is 7.97. The SMILES string of the molecule is NS(=O)(=O)c1cccc(S(=O)(=O)N2CCC[C@@H]2Cc2ccccc2)c1. The Balaban J connectivity index is 1.91. The Morgan fingerprint density at radius 2 is 1.64 bits per heavy atom. The van der Waals surface area contributed by atoms with E-state index in [1.165, 1.54) is 22.5 Å². The van der Waals surface area contributed by atoms with E-state index in [-0.39, 0.29) is 15.8 Å². The molecule has 0 bridgehead atoms. The van der Waals surface area contributed by atoms with Crippen molar-refractivity contribution in [3.05, 3.63) is 60.2 Å². The Hall–Kier alpha value is -1.74. The van der Waals surface area contributed by atoms with Crippen LogP contribution in [0.25, 0.3) is 0 Å². The molecule has 1 saturated heterocycles. The van der Waals surface area contributed by atoms with Crippen molar-refractivity contribution in [1.29, 1.82) is 0 Å². The van der Waals surface area contributed by atoms with Crippen LogP contribution in [-0.4, -0.2) is 33.7 Å². The topological polar surface area (TPSA) is 97.5 Å². The molecule has 2 aromatic rings. The molecule has 1 aliphatic rings. The zero-order chi connectivity index (χ0) is 18.1. The minimum absolute atomic E-state index is 0.0426. The molecule has 0 saturated carbocycles. The maximum absolute atomic E-state index is 13.0. The Morgan fingerprint density at radius 3 is 2.32 bits per heavy atom. The normalized spacial score (nSPS) is 19.2. The van der Waals surface area contributed by atoms with Crippen LogP contribution in [0.3, 0.4) is 0 Å². The van der Waals surface area contributed by atoms with Gasteiger partial charge in [0, 0.05) is 12.6 Å². The minimum Gasteiger partial charge on any atom is -0.225 e. The molecule has 134 valence electrons. The lowest BCUT2D eigenvalue weighted by molar-refractivity contribution is 0.385. The van der Waals surface area contributed by atoms with Crippen molar-refractivity contribution in [2.75, 3.05) is 6.54 Å². The van der Waals surface area contributed by atoms with Crippen molar-refractivity contribution in [1.82, 2.24) is 4.31 Å². The van der Waals surface area contributed by atoms with Gasteiger partial charge in [0.05, 0.1) is 9.79 Å². The van der Waals surface area contributed by atoms with E-state index in [1.54, 1.807) is 0 Å². The van der Waals surface area contributed by atoms with Gasteiger partial charge in [0.1, 0.15) is 0 Å². The molecule has 0 aliphatic carbocycles. The zero-order valence-electron chi connectivity index (χ0n) is 13.6. The summed E-state index contributed by atoms with van der Waals surface area (Å²) in [5.74, 6) is 0. The quantitative estimate of drug-likeness (QED) is 0.854. The zero-order valence-corrected chi connectivity index (χ0v) is 15.2. The third-order valence-electron chi connectivity index (χ3n) is 4.38. The fraction of sp³-hybridized carbons (Fsp3) is 0.294. The molecular formula is C17H20N2O4S2. The molecule has 25 heavy (non-hydrogen) atoms. The third kappa shape index (κ3) is 3.92. The van der Waals surface area contributed by atoms with Gasteiger partial charge in [0.15, 0.2) is 0 Å². The molecule has 1 fully saturated rings. The van der Waals surface area contributed by atoms with Crippen molar-refractivity contribution >= 4 is 20.0 Å². The van der Waals surface area contributed by atoms with Gasteiger partial charge < -0.3 is 0 Å². The first kappa shape index (κ1) is 18.1. The highest BCUT2D eigenvalue weighted by Crippen LogP contribution is 2.29. The second-order valence-electron chi connectivity index (χ2n) is 6.12. The number of rotatable bonds is 5. The molecule has 0 radical (unpaired) electrons. The first-order chi connectivity index (χ1) is 11.8. The molecule has 1 aliphatic heterocycles. The number of hydrogen-bond donors (Lipinski definition) is 1. The van der Waals surface area contributed by atoms with Crippen molar-refractivity contribution in [2.24, 2.45) is 5.14 Å². The van der Waals surface area contributed by atoms with Gasteiger partial charge in [-0.05, 0) is 43.0 Å². The maximum Gasteiger partial charge on any atom is 0.243 e. The van der Waals surface area contributed by atoms with Crippen molar-refractivity contribution < 1.29 is 16.8 Å². The van der Waals surface area contributed by atoms with Crippen molar-refractivity contribution in [3.8, 4) is 0 Å². The van der Waals surface area contributed by atoms with Crippen LogP contribution >= 0.6 is 0 Å². The van der Waals surface area contributed by atoms with Crippen molar-refractivity contribution in [3.63, 3.8) is 0 Å². The standard InChI is InChI=1S/C17H20N2O4S2/c18-24(20,21)16-9-4-10-17(13-16)25(22,23)19-11-5-8-15(19)12-14-6-2-1-3-7-14/h1-4,6-7,9-10,13,15H,5,8,11-12H2,(H2,18,20,21)/t15-/m1/s1. The second kappa shape index (κ2) is 6.87. The molecular weight excluding hydrogens is 360 g/mol. The van der Waals surface area contributed by atoms with Gasteiger partial charge in [-0.25, -0.2) is 22.0 Å². The predicted octanol–water partition coefficient (Wildman–Crippen LogP) is 1.73. The van der Waals surface area contributed by atoms with Gasteiger partial charge in [0.25, 0.3) is 0 Å². The fourth-order valence-electron chi connectivity index (χ4n) is 3.16. The largest absolute Gasteiger partial charge is 0.243 e. The number of sulfonamides is 2. The number of nitrogens with zero attached hydrogens (tertiary/aromatic N) is 1. The van der Waals surface area contributed by atoms with E-state index < -0.39 is 20.0 Å². The molecule has 1 heterocycles. The lowest BCUT2D eigenvalue weighted by Crippen LogP contribution is -2.36. The van der Waals surface area contributed by atoms with E-state index >= 15 is 0 Å². The molecule has 1 atom stereocenters. The average Bonchev–Trinajstić information content (AvgIpc) is 3.04. The van der Waals surface area contributed by atoms with E-state index in [0.29, 0.717) is 13.0 Å². The number of hydrogen-bond acceptors (Lipinski definition) is 4. The molecule has 0 unspecified atom stereocenters. The smallest absolute Gasteiger partial charge is 0.225 e. The van der Waals surface area contributed by atoms with E-state index in [2.05, 4.69) is 0 Å². The van der Waals surface area contributed by atoms with Crippen LogP contribution in [0.5, 0.6) is 0 Å². The molecule has 6 nitrogen and oxygen atoms in total. The van der Waals surface area contributed by atoms with E-state index in [1.807, 2.05) is 30.3 Å². The lowest BCUT2D eigenvalue weighted by Gasteiger charge is -2.24. The molecule has 0 aromatic heterocycles. The molecule has 8 heteroatoms. The van der Waals surface area contributed by atoms with Gasteiger partial charge in [0.2, 0.25) is 20.0 Å². The highest BCUT2D eigenvalue weighted by Gasteiger charge is 2.35. The molecule has 2 aromatic carbocycles. The maximum atomic E-state index is 13.0. The number of primary sulfonamides is 1. The van der Waals surface area contributed by atoms with E-state index in [0.717, 1.165) is 24.5 Å². The summed E-state index contributed by atoms with van der Waals surface area (Å²) in [6, 6.07) is 14.8. The van der Waals surface area contributed by atoms with Crippen LogP contribution < -0.4 is 5.14 Å². The monoisotopic (exact) mass is 380 g/mol. The summed E-state index contributed by atoms with van der Waals surface area (Å²) >= 11 is 0. The summed E-state index contributed by atoms with van der Waals surface area (Å²) in [4.78, 5) is -0.244. The highest BCUT2D eigenvalue weighted by atomic mass is 32.2. The molecule has 2 N–H and O–H groups in total. The van der Waals surface area contributed by atoms with Crippen molar-refractivity contribution in [2.45, 2.75) is 35.1 Å². The molecule has 0 spiro atoms. The summed E-state index contributed by atoms with van der Waals surface area (Å²) in [5.41, 5.74) is 1.08. The van der Waals surface area contributed by atoms with Gasteiger partial charge in [-0.2, -0.15) is 4.31 Å². The van der Waals surface area contributed by atoms with Gasteiger partial charge in [-0.1, -0.05) is 36.4 Å². The molecule has 0 amide bonds. The van der Waals surface area contributed by atoms with Crippen LogP contribution in [-0.2, 0) is 26.5 Å². The van der Waals surface area contributed by atoms with Gasteiger partial charge in [-0.3, -0.25) is 0 Å². The first-order valence-corrected chi connectivity index (χ1v) is 11.0. The van der Waals surface area contributed by atoms with Crippen LogP contribution in [0.15, 0.2) is 64.4 Å². The van der Waals surface area contributed by atoms with Gasteiger partial charge in [-0.15, -0.1) is 0 Å². The Kier molecular flexibility index (Phi) is 4.97. The van der Waals surface area contributed by atoms with Crippen LogP contribution in [0.2, 0.25) is 0 Å². The number of nitrogens with two attached hydrogens (primary N) is 1. The Morgan fingerprint density at radius 1 is 0.960 bits per heavy atom. The lowest BCUT2D eigenvalue weighted by atomic mass is 10.1. The average molecular weight is 380 g/mol. The summed E-state index contributed by atoms with van der Waals surface area (Å²) in [7, 11) is -7.73. The van der Waals surface area contributed by atoms with E-state index in [9.17, 15) is 16.8 Å². The Bertz CT molecular complexity index is 957. The summed E-state index contributed by atoms with van der Waals surface area (Å²) in [6.45, 7) is 0.430. The second-order valence-corrected chi connectivity index (χ2v) is 9.57. The minimum atomic E-state index is -3.95. The van der Waals surface area contributed by atoms with Crippen LogP contribution in [0.1, 0.15) is 18.4 Å². The highest BCUT2D eigenvalue weighted by molar-refractivity contribution is 7.90. The van der Waals surface area contributed by atoms with Crippen LogP contribution in [0.4, 0.5) is 0 Å². The Labute approximate surface area is 148 Å². The molecule has 3 rings (SSSR count).